The smallest absolute Gasteiger partial charge is 0.328 e. The quantitative estimate of drug-likeness (QED) is 0.802. The highest BCUT2D eigenvalue weighted by Crippen LogP contribution is 2.34. The van der Waals surface area contributed by atoms with E-state index >= 15 is 0 Å². The van der Waals surface area contributed by atoms with Crippen LogP contribution in [0.2, 0.25) is 0 Å². The van der Waals surface area contributed by atoms with Crippen molar-refractivity contribution in [2.45, 2.75) is 38.8 Å². The lowest BCUT2D eigenvalue weighted by atomic mass is 9.83. The van der Waals surface area contributed by atoms with Gasteiger partial charge in [0.2, 0.25) is 0 Å². The Labute approximate surface area is 111 Å². The number of ether oxygens (including phenoxy) is 1. The van der Waals surface area contributed by atoms with Crippen molar-refractivity contribution < 1.29 is 9.84 Å². The van der Waals surface area contributed by atoms with Crippen LogP contribution in [-0.4, -0.2) is 33.5 Å². The van der Waals surface area contributed by atoms with Gasteiger partial charge in [0, 0.05) is 11.8 Å². The largest absolute Gasteiger partial charge is 0.393 e. The molecule has 1 aromatic rings. The molecule has 2 heterocycles. The molecule has 2 N–H and O–H groups in total. The van der Waals surface area contributed by atoms with Gasteiger partial charge in [0.05, 0.1) is 24.9 Å². The second-order valence-corrected chi connectivity index (χ2v) is 5.55. The van der Waals surface area contributed by atoms with Crippen molar-refractivity contribution in [2.75, 3.05) is 13.2 Å². The molecule has 0 saturated carbocycles. The predicted molar refractivity (Wildman–Crippen MR) is 70.3 cm³/mol. The molecule has 0 amide bonds. The van der Waals surface area contributed by atoms with Crippen molar-refractivity contribution in [2.24, 2.45) is 5.92 Å². The van der Waals surface area contributed by atoms with Crippen molar-refractivity contribution in [3.05, 3.63) is 32.6 Å². The molecule has 0 radical (unpaired) electrons. The lowest BCUT2D eigenvalue weighted by Gasteiger charge is -2.42. The van der Waals surface area contributed by atoms with Crippen LogP contribution in [0.1, 0.15) is 31.9 Å². The van der Waals surface area contributed by atoms with E-state index < -0.39 is 11.3 Å². The van der Waals surface area contributed by atoms with E-state index in [1.54, 1.807) is 13.1 Å². The summed E-state index contributed by atoms with van der Waals surface area (Å²) in [5.74, 6) is 0.121. The highest BCUT2D eigenvalue weighted by molar-refractivity contribution is 5.02. The number of aromatic amines is 1. The fourth-order valence-corrected chi connectivity index (χ4v) is 2.41. The number of nitrogens with one attached hydrogen (secondary N) is 1. The fraction of sp³-hybridized carbons (Fsp3) is 0.692. The molecular weight excluding hydrogens is 248 g/mol. The molecule has 106 valence electrons. The molecule has 1 aliphatic rings. The van der Waals surface area contributed by atoms with Crippen molar-refractivity contribution in [3.8, 4) is 0 Å². The molecular formula is C13H20N2O4. The first-order valence-electron chi connectivity index (χ1n) is 6.44. The molecule has 2 rings (SSSR count). The SMILES string of the molecule is Cc1cn(C2COC(C)(CO)[C@@H](C)C2)c(=O)[nH]c1=O. The molecule has 0 bridgehead atoms. The van der Waals surface area contributed by atoms with Gasteiger partial charge in [0.25, 0.3) is 5.56 Å². The van der Waals surface area contributed by atoms with Gasteiger partial charge in [-0.05, 0) is 26.2 Å². The maximum atomic E-state index is 11.8. The lowest BCUT2D eigenvalue weighted by molar-refractivity contribution is -0.143. The van der Waals surface area contributed by atoms with Crippen LogP contribution < -0.4 is 11.2 Å². The number of aromatic nitrogens is 2. The second kappa shape index (κ2) is 4.94. The maximum absolute atomic E-state index is 11.8. The Bertz CT molecular complexity index is 577. The lowest BCUT2D eigenvalue weighted by Crippen LogP contribution is -2.48. The van der Waals surface area contributed by atoms with Crippen LogP contribution >= 0.6 is 0 Å². The topological polar surface area (TPSA) is 84.3 Å². The normalized spacial score (nSPS) is 31.4. The van der Waals surface area contributed by atoms with Gasteiger partial charge < -0.3 is 9.84 Å². The highest BCUT2D eigenvalue weighted by Gasteiger charge is 2.38. The van der Waals surface area contributed by atoms with E-state index in [0.717, 1.165) is 6.42 Å². The van der Waals surface area contributed by atoms with E-state index in [0.29, 0.717) is 12.2 Å². The van der Waals surface area contributed by atoms with Crippen molar-refractivity contribution in [3.63, 3.8) is 0 Å². The first-order valence-corrected chi connectivity index (χ1v) is 6.44. The molecule has 1 fully saturated rings. The first kappa shape index (κ1) is 14.0. The Kier molecular flexibility index (Phi) is 3.64. The zero-order valence-electron chi connectivity index (χ0n) is 11.5. The molecule has 6 heteroatoms. The van der Waals surface area contributed by atoms with E-state index in [-0.39, 0.29) is 24.1 Å². The van der Waals surface area contributed by atoms with E-state index in [2.05, 4.69) is 4.98 Å². The third-order valence-electron chi connectivity index (χ3n) is 4.13. The van der Waals surface area contributed by atoms with Gasteiger partial charge in [-0.25, -0.2) is 4.79 Å². The molecule has 3 atom stereocenters. The molecule has 2 unspecified atom stereocenters. The average molecular weight is 268 g/mol. The number of rotatable bonds is 2. The third-order valence-corrected chi connectivity index (χ3v) is 4.13. The summed E-state index contributed by atoms with van der Waals surface area (Å²) in [4.78, 5) is 25.5. The number of aliphatic hydroxyl groups is 1. The first-order chi connectivity index (χ1) is 8.87. The van der Waals surface area contributed by atoms with Crippen LogP contribution in [-0.2, 0) is 4.74 Å². The minimum atomic E-state index is -0.558. The monoisotopic (exact) mass is 268 g/mol. The fourth-order valence-electron chi connectivity index (χ4n) is 2.41. The molecule has 0 aliphatic carbocycles. The summed E-state index contributed by atoms with van der Waals surface area (Å²) in [6.45, 7) is 5.84. The van der Waals surface area contributed by atoms with Gasteiger partial charge in [-0.2, -0.15) is 0 Å². The van der Waals surface area contributed by atoms with Gasteiger partial charge in [-0.3, -0.25) is 14.3 Å². The summed E-state index contributed by atoms with van der Waals surface area (Å²) in [5, 5.41) is 9.37. The van der Waals surface area contributed by atoms with Crippen LogP contribution in [0.15, 0.2) is 15.8 Å². The van der Waals surface area contributed by atoms with E-state index in [9.17, 15) is 14.7 Å². The van der Waals surface area contributed by atoms with Crippen LogP contribution in [0.5, 0.6) is 0 Å². The number of aryl methyl sites for hydroxylation is 1. The predicted octanol–water partition coefficient (Wildman–Crippen LogP) is 0.194. The minimum Gasteiger partial charge on any atom is -0.393 e. The summed E-state index contributed by atoms with van der Waals surface area (Å²) in [6.07, 6.45) is 2.30. The number of aliphatic hydroxyl groups excluding tert-OH is 1. The summed E-state index contributed by atoms with van der Waals surface area (Å²) in [7, 11) is 0. The Morgan fingerprint density at radius 1 is 1.58 bits per heavy atom. The van der Waals surface area contributed by atoms with Crippen molar-refractivity contribution in [1.82, 2.24) is 9.55 Å². The van der Waals surface area contributed by atoms with Crippen LogP contribution in [0.4, 0.5) is 0 Å². The second-order valence-electron chi connectivity index (χ2n) is 5.55. The molecule has 0 aromatic carbocycles. The Hall–Kier alpha value is -1.40. The average Bonchev–Trinajstić information content (AvgIpc) is 2.37. The number of nitrogens with zero attached hydrogens (tertiary/aromatic N) is 1. The minimum absolute atomic E-state index is 0.0412. The maximum Gasteiger partial charge on any atom is 0.328 e. The van der Waals surface area contributed by atoms with Gasteiger partial charge >= 0.3 is 5.69 Å². The zero-order valence-corrected chi connectivity index (χ0v) is 11.5. The molecule has 1 aliphatic heterocycles. The van der Waals surface area contributed by atoms with E-state index in [1.807, 2.05) is 13.8 Å². The molecule has 6 nitrogen and oxygen atoms in total. The highest BCUT2D eigenvalue weighted by atomic mass is 16.5. The molecule has 1 saturated heterocycles. The summed E-state index contributed by atoms with van der Waals surface area (Å²) >= 11 is 0. The van der Waals surface area contributed by atoms with E-state index in [1.165, 1.54) is 4.57 Å². The molecule has 0 spiro atoms. The van der Waals surface area contributed by atoms with Gasteiger partial charge in [0.1, 0.15) is 0 Å². The van der Waals surface area contributed by atoms with Gasteiger partial charge in [-0.1, -0.05) is 6.92 Å². The van der Waals surface area contributed by atoms with Crippen LogP contribution in [0, 0.1) is 12.8 Å². The number of hydrogen-bond donors (Lipinski definition) is 2. The van der Waals surface area contributed by atoms with Crippen molar-refractivity contribution in [1.29, 1.82) is 0 Å². The summed E-state index contributed by atoms with van der Waals surface area (Å²) in [6, 6.07) is -0.113. The van der Waals surface area contributed by atoms with E-state index in [4.69, 9.17) is 4.74 Å². The van der Waals surface area contributed by atoms with Gasteiger partial charge in [-0.15, -0.1) is 0 Å². The standard InChI is InChI=1S/C13H20N2O4/c1-8-5-15(12(18)14-11(8)17)10-4-9(2)13(3,7-16)19-6-10/h5,9-10,16H,4,6-7H2,1-3H3,(H,14,17,18)/t9-,10?,13?/m0/s1. The van der Waals surface area contributed by atoms with Crippen LogP contribution in [0.3, 0.4) is 0 Å². The summed E-state index contributed by atoms with van der Waals surface area (Å²) < 4.78 is 7.24. The number of hydrogen-bond acceptors (Lipinski definition) is 4. The Morgan fingerprint density at radius 2 is 2.26 bits per heavy atom. The molecule has 19 heavy (non-hydrogen) atoms. The Balaban J connectivity index is 2.29. The Morgan fingerprint density at radius 3 is 2.84 bits per heavy atom. The molecule has 1 aromatic heterocycles. The van der Waals surface area contributed by atoms with Crippen molar-refractivity contribution >= 4 is 0 Å². The van der Waals surface area contributed by atoms with Crippen LogP contribution in [0.25, 0.3) is 0 Å². The van der Waals surface area contributed by atoms with Gasteiger partial charge in [0.15, 0.2) is 0 Å². The number of H-pyrrole nitrogens is 1. The third kappa shape index (κ3) is 2.50. The zero-order chi connectivity index (χ0) is 14.2. The summed E-state index contributed by atoms with van der Waals surface area (Å²) in [5.41, 5.74) is -0.824.